The van der Waals surface area contributed by atoms with Gasteiger partial charge >= 0.3 is 0 Å². The molecule has 18 heavy (non-hydrogen) atoms. The van der Waals surface area contributed by atoms with Crippen LogP contribution in [0.5, 0.6) is 0 Å². The van der Waals surface area contributed by atoms with E-state index in [0.717, 1.165) is 42.5 Å². The standard InChI is InChI=1S/C14H21BrFNO/c1-3-7-17-13(6-8-18-2)9-11-4-5-12(16)10-14(11)15/h4-5,10,13,17H,3,6-9H2,1-2H3. The SMILES string of the molecule is CCCNC(CCOC)Cc1ccc(F)cc1Br. The topological polar surface area (TPSA) is 21.3 Å². The minimum atomic E-state index is -0.208. The number of ether oxygens (including phenoxy) is 1. The van der Waals surface area contributed by atoms with E-state index < -0.39 is 0 Å². The molecule has 0 fully saturated rings. The number of hydrogen-bond donors (Lipinski definition) is 1. The third kappa shape index (κ3) is 5.46. The van der Waals surface area contributed by atoms with Gasteiger partial charge in [-0.2, -0.15) is 0 Å². The Hall–Kier alpha value is -0.450. The van der Waals surface area contributed by atoms with Gasteiger partial charge in [-0.25, -0.2) is 4.39 Å². The highest BCUT2D eigenvalue weighted by Crippen LogP contribution is 2.20. The molecule has 0 saturated heterocycles. The summed E-state index contributed by atoms with van der Waals surface area (Å²) in [7, 11) is 1.71. The van der Waals surface area contributed by atoms with Gasteiger partial charge in [0.05, 0.1) is 0 Å². The van der Waals surface area contributed by atoms with Crippen LogP contribution in [0.25, 0.3) is 0 Å². The number of benzene rings is 1. The molecule has 0 heterocycles. The lowest BCUT2D eigenvalue weighted by atomic mass is 10.0. The monoisotopic (exact) mass is 317 g/mol. The highest BCUT2D eigenvalue weighted by molar-refractivity contribution is 9.10. The van der Waals surface area contributed by atoms with Gasteiger partial charge < -0.3 is 10.1 Å². The molecule has 4 heteroatoms. The van der Waals surface area contributed by atoms with E-state index in [4.69, 9.17) is 4.74 Å². The van der Waals surface area contributed by atoms with Crippen molar-refractivity contribution in [2.45, 2.75) is 32.2 Å². The third-order valence-corrected chi connectivity index (χ3v) is 3.57. The Kier molecular flexibility index (Phi) is 7.47. The molecule has 1 N–H and O–H groups in total. The summed E-state index contributed by atoms with van der Waals surface area (Å²) in [4.78, 5) is 0. The number of methoxy groups -OCH3 is 1. The van der Waals surface area contributed by atoms with E-state index in [9.17, 15) is 4.39 Å². The predicted molar refractivity (Wildman–Crippen MR) is 76.4 cm³/mol. The lowest BCUT2D eigenvalue weighted by molar-refractivity contribution is 0.182. The average Bonchev–Trinajstić information content (AvgIpc) is 2.35. The molecule has 0 aliphatic carbocycles. The summed E-state index contributed by atoms with van der Waals surface area (Å²) in [5.74, 6) is -0.208. The van der Waals surface area contributed by atoms with Gasteiger partial charge in [0.1, 0.15) is 5.82 Å². The van der Waals surface area contributed by atoms with Crippen molar-refractivity contribution in [1.82, 2.24) is 5.32 Å². The molecule has 0 aromatic heterocycles. The first-order valence-electron chi connectivity index (χ1n) is 6.33. The van der Waals surface area contributed by atoms with Gasteiger partial charge in [0.2, 0.25) is 0 Å². The molecule has 1 unspecified atom stereocenters. The Labute approximate surface area is 117 Å². The van der Waals surface area contributed by atoms with Crippen molar-refractivity contribution < 1.29 is 9.13 Å². The number of halogens is 2. The van der Waals surface area contributed by atoms with E-state index in [1.165, 1.54) is 12.1 Å². The molecule has 0 radical (unpaired) electrons. The summed E-state index contributed by atoms with van der Waals surface area (Å²) in [6.45, 7) is 3.88. The highest BCUT2D eigenvalue weighted by Gasteiger charge is 2.11. The van der Waals surface area contributed by atoms with Crippen LogP contribution in [0, 0.1) is 5.82 Å². The van der Waals surface area contributed by atoms with Gasteiger partial charge in [0, 0.05) is 24.2 Å². The maximum absolute atomic E-state index is 13.0. The zero-order valence-electron chi connectivity index (χ0n) is 11.0. The van der Waals surface area contributed by atoms with Crippen LogP contribution in [-0.2, 0) is 11.2 Å². The molecule has 0 spiro atoms. The Morgan fingerprint density at radius 3 is 2.83 bits per heavy atom. The maximum atomic E-state index is 13.0. The molecule has 1 aromatic rings. The molecule has 0 saturated carbocycles. The Morgan fingerprint density at radius 2 is 2.22 bits per heavy atom. The smallest absolute Gasteiger partial charge is 0.124 e. The van der Waals surface area contributed by atoms with Crippen molar-refractivity contribution >= 4 is 15.9 Å². The fraction of sp³-hybridized carbons (Fsp3) is 0.571. The molecule has 0 amide bonds. The fourth-order valence-corrected chi connectivity index (χ4v) is 2.35. The van der Waals surface area contributed by atoms with Gasteiger partial charge in [-0.05, 0) is 43.5 Å². The molecule has 0 aliphatic rings. The summed E-state index contributed by atoms with van der Waals surface area (Å²) in [5.41, 5.74) is 1.13. The molecule has 2 nitrogen and oxygen atoms in total. The van der Waals surface area contributed by atoms with Crippen LogP contribution in [-0.4, -0.2) is 26.3 Å². The van der Waals surface area contributed by atoms with Gasteiger partial charge in [-0.15, -0.1) is 0 Å². The molecule has 1 rings (SSSR count). The largest absolute Gasteiger partial charge is 0.385 e. The molecular formula is C14H21BrFNO. The van der Waals surface area contributed by atoms with Gasteiger partial charge in [0.15, 0.2) is 0 Å². The molecule has 0 bridgehead atoms. The molecule has 0 aliphatic heterocycles. The van der Waals surface area contributed by atoms with Gasteiger partial charge in [-0.3, -0.25) is 0 Å². The van der Waals surface area contributed by atoms with Crippen LogP contribution in [0.1, 0.15) is 25.3 Å². The van der Waals surface area contributed by atoms with Crippen LogP contribution < -0.4 is 5.32 Å². The average molecular weight is 318 g/mol. The lowest BCUT2D eigenvalue weighted by Crippen LogP contribution is -2.33. The van der Waals surface area contributed by atoms with Gasteiger partial charge in [0.25, 0.3) is 0 Å². The van der Waals surface area contributed by atoms with E-state index >= 15 is 0 Å². The molecule has 102 valence electrons. The van der Waals surface area contributed by atoms with Gasteiger partial charge in [-0.1, -0.05) is 28.9 Å². The highest BCUT2D eigenvalue weighted by atomic mass is 79.9. The number of hydrogen-bond acceptors (Lipinski definition) is 2. The summed E-state index contributed by atoms with van der Waals surface area (Å²) in [6, 6.07) is 5.23. The minimum Gasteiger partial charge on any atom is -0.385 e. The van der Waals surface area contributed by atoms with Crippen molar-refractivity contribution in [3.8, 4) is 0 Å². The molecule has 1 aromatic carbocycles. The Bertz CT molecular complexity index is 352. The second-order valence-electron chi connectivity index (χ2n) is 4.37. The first kappa shape index (κ1) is 15.6. The number of rotatable bonds is 8. The first-order chi connectivity index (χ1) is 8.67. The van der Waals surface area contributed by atoms with Crippen LogP contribution in [0.3, 0.4) is 0 Å². The summed E-state index contributed by atoms with van der Waals surface area (Å²) in [6.07, 6.45) is 2.94. The van der Waals surface area contributed by atoms with Crippen molar-refractivity contribution in [3.05, 3.63) is 34.1 Å². The van der Waals surface area contributed by atoms with E-state index in [1.54, 1.807) is 7.11 Å². The summed E-state index contributed by atoms with van der Waals surface area (Å²) >= 11 is 3.41. The second-order valence-corrected chi connectivity index (χ2v) is 5.23. The van der Waals surface area contributed by atoms with Crippen molar-refractivity contribution in [3.63, 3.8) is 0 Å². The van der Waals surface area contributed by atoms with Crippen LogP contribution in [0.4, 0.5) is 4.39 Å². The second kappa shape index (κ2) is 8.62. The third-order valence-electron chi connectivity index (χ3n) is 2.83. The first-order valence-corrected chi connectivity index (χ1v) is 7.13. The summed E-state index contributed by atoms with van der Waals surface area (Å²) < 4.78 is 19.0. The van der Waals surface area contributed by atoms with Crippen molar-refractivity contribution in [1.29, 1.82) is 0 Å². The zero-order chi connectivity index (χ0) is 13.4. The maximum Gasteiger partial charge on any atom is 0.124 e. The van der Waals surface area contributed by atoms with E-state index in [0.29, 0.717) is 6.04 Å². The molecule has 1 atom stereocenters. The zero-order valence-corrected chi connectivity index (χ0v) is 12.6. The van der Waals surface area contributed by atoms with E-state index in [2.05, 4.69) is 28.2 Å². The van der Waals surface area contributed by atoms with Crippen LogP contribution >= 0.6 is 15.9 Å². The summed E-state index contributed by atoms with van der Waals surface area (Å²) in [5, 5.41) is 3.50. The predicted octanol–water partition coefficient (Wildman–Crippen LogP) is 3.54. The number of nitrogens with one attached hydrogen (secondary N) is 1. The van der Waals surface area contributed by atoms with Crippen molar-refractivity contribution in [2.24, 2.45) is 0 Å². The van der Waals surface area contributed by atoms with Crippen LogP contribution in [0.2, 0.25) is 0 Å². The van der Waals surface area contributed by atoms with Crippen LogP contribution in [0.15, 0.2) is 22.7 Å². The van der Waals surface area contributed by atoms with Crippen molar-refractivity contribution in [2.75, 3.05) is 20.3 Å². The fourth-order valence-electron chi connectivity index (χ4n) is 1.84. The van der Waals surface area contributed by atoms with E-state index in [-0.39, 0.29) is 5.82 Å². The Morgan fingerprint density at radius 1 is 1.44 bits per heavy atom. The normalized spacial score (nSPS) is 12.7. The minimum absolute atomic E-state index is 0.208. The Balaban J connectivity index is 2.62. The van der Waals surface area contributed by atoms with E-state index in [1.807, 2.05) is 6.07 Å². The quantitative estimate of drug-likeness (QED) is 0.792. The molecular weight excluding hydrogens is 297 g/mol. The lowest BCUT2D eigenvalue weighted by Gasteiger charge is -2.19.